The predicted molar refractivity (Wildman–Crippen MR) is 112 cm³/mol. The van der Waals surface area contributed by atoms with Crippen LogP contribution in [0.1, 0.15) is 23.4 Å². The van der Waals surface area contributed by atoms with Crippen LogP contribution in [0.5, 0.6) is 0 Å². The molecule has 0 radical (unpaired) electrons. The summed E-state index contributed by atoms with van der Waals surface area (Å²) in [4.78, 5) is 31.4. The molecule has 1 aliphatic rings. The van der Waals surface area contributed by atoms with Crippen LogP contribution in [-0.2, 0) is 9.59 Å². The molecule has 1 aromatic heterocycles. The Kier molecular flexibility index (Phi) is 4.88. The number of nitrogens with one attached hydrogen (secondary N) is 2. The summed E-state index contributed by atoms with van der Waals surface area (Å²) in [7, 11) is 0. The van der Waals surface area contributed by atoms with Gasteiger partial charge in [0.05, 0.1) is 5.92 Å². The first-order valence-electron chi connectivity index (χ1n) is 9.58. The third kappa shape index (κ3) is 3.89. The molecule has 0 saturated carbocycles. The molecule has 3 aromatic rings. The molecule has 0 bridgehead atoms. The van der Waals surface area contributed by atoms with Crippen molar-refractivity contribution < 1.29 is 9.59 Å². The smallest absolute Gasteiger partial charge is 0.229 e. The van der Waals surface area contributed by atoms with Gasteiger partial charge in [0, 0.05) is 29.9 Å². The lowest BCUT2D eigenvalue weighted by molar-refractivity contribution is -0.122. The quantitative estimate of drug-likeness (QED) is 0.716. The zero-order chi connectivity index (χ0) is 20.5. The van der Waals surface area contributed by atoms with Crippen molar-refractivity contribution in [1.29, 1.82) is 0 Å². The van der Waals surface area contributed by atoms with E-state index >= 15 is 0 Å². The van der Waals surface area contributed by atoms with Crippen molar-refractivity contribution in [1.82, 2.24) is 15.2 Å². The first kappa shape index (κ1) is 18.9. The molecule has 2 heterocycles. The van der Waals surface area contributed by atoms with E-state index in [1.54, 1.807) is 4.90 Å². The Balaban J connectivity index is 1.49. The maximum Gasteiger partial charge on any atom is 0.229 e. The number of anilines is 2. The molecule has 1 saturated heterocycles. The fourth-order valence-corrected chi connectivity index (χ4v) is 3.46. The molecule has 2 amide bonds. The Labute approximate surface area is 169 Å². The van der Waals surface area contributed by atoms with E-state index in [-0.39, 0.29) is 18.2 Å². The summed E-state index contributed by atoms with van der Waals surface area (Å²) in [6, 6.07) is 13.5. The molecule has 4 rings (SSSR count). The highest BCUT2D eigenvalue weighted by atomic mass is 16.2. The van der Waals surface area contributed by atoms with Crippen LogP contribution in [0.2, 0.25) is 0 Å². The zero-order valence-electron chi connectivity index (χ0n) is 16.7. The minimum Gasteiger partial charge on any atom is -0.326 e. The van der Waals surface area contributed by atoms with E-state index in [0.717, 1.165) is 28.2 Å². The molecule has 1 aliphatic heterocycles. The van der Waals surface area contributed by atoms with Gasteiger partial charge in [0.25, 0.3) is 0 Å². The number of carbonyl (C=O) groups is 2. The zero-order valence-corrected chi connectivity index (χ0v) is 16.7. The van der Waals surface area contributed by atoms with Gasteiger partial charge in [-0.05, 0) is 44.5 Å². The van der Waals surface area contributed by atoms with Gasteiger partial charge in [-0.25, -0.2) is 4.98 Å². The lowest BCUT2D eigenvalue weighted by Gasteiger charge is -2.17. The molecule has 1 atom stereocenters. The number of hydrogen-bond donors (Lipinski definition) is 2. The second-order valence-electron chi connectivity index (χ2n) is 7.50. The van der Waals surface area contributed by atoms with Crippen molar-refractivity contribution in [3.05, 3.63) is 59.4 Å². The van der Waals surface area contributed by atoms with Gasteiger partial charge in [0.2, 0.25) is 11.8 Å². The number of aromatic amines is 1. The number of amides is 2. The van der Waals surface area contributed by atoms with Crippen LogP contribution < -0.4 is 10.2 Å². The highest BCUT2D eigenvalue weighted by Crippen LogP contribution is 2.28. The van der Waals surface area contributed by atoms with Gasteiger partial charge in [0.15, 0.2) is 5.82 Å². The molecule has 1 fully saturated rings. The summed E-state index contributed by atoms with van der Waals surface area (Å²) in [6.07, 6.45) is 0.207. The Morgan fingerprint density at radius 3 is 2.59 bits per heavy atom. The second kappa shape index (κ2) is 7.50. The summed E-state index contributed by atoms with van der Waals surface area (Å²) in [5.74, 6) is 0.735. The van der Waals surface area contributed by atoms with E-state index in [1.165, 1.54) is 0 Å². The molecule has 148 valence electrons. The lowest BCUT2D eigenvalue weighted by Crippen LogP contribution is -2.28. The van der Waals surface area contributed by atoms with Crippen molar-refractivity contribution in [2.75, 3.05) is 16.8 Å². The highest BCUT2D eigenvalue weighted by molar-refractivity contribution is 6.03. The SMILES string of the molecule is Cc1ccc(N2C[C@@H](C(=O)Nc3cc(-c4n[nH]c(C)n4)ccc3C)CC2=O)cc1. The standard InChI is InChI=1S/C22H23N5O2/c1-13-4-8-18(9-5-13)27-12-17(11-20(27)28)22(29)24-19-10-16(7-6-14(19)2)21-23-15(3)25-26-21/h4-10,17H,11-12H2,1-3H3,(H,24,29)(H,23,25,26)/t17-/m0/s1. The number of hydrogen-bond acceptors (Lipinski definition) is 4. The van der Waals surface area contributed by atoms with E-state index in [1.807, 2.05) is 63.2 Å². The fraction of sp³-hybridized carbons (Fsp3) is 0.273. The van der Waals surface area contributed by atoms with Crippen molar-refractivity contribution >= 4 is 23.2 Å². The molecule has 0 unspecified atom stereocenters. The fourth-order valence-electron chi connectivity index (χ4n) is 3.46. The summed E-state index contributed by atoms with van der Waals surface area (Å²) in [5.41, 5.74) is 4.42. The molecule has 2 aromatic carbocycles. The van der Waals surface area contributed by atoms with E-state index in [4.69, 9.17) is 0 Å². The summed E-state index contributed by atoms with van der Waals surface area (Å²) >= 11 is 0. The normalized spacial score (nSPS) is 16.3. The Bertz CT molecular complexity index is 1070. The molecule has 0 spiro atoms. The third-order valence-corrected chi connectivity index (χ3v) is 5.19. The van der Waals surface area contributed by atoms with Crippen LogP contribution in [0.15, 0.2) is 42.5 Å². The van der Waals surface area contributed by atoms with Gasteiger partial charge in [0.1, 0.15) is 5.82 Å². The van der Waals surface area contributed by atoms with Crippen LogP contribution in [0.25, 0.3) is 11.4 Å². The number of benzene rings is 2. The lowest BCUT2D eigenvalue weighted by atomic mass is 10.1. The molecule has 7 nitrogen and oxygen atoms in total. The van der Waals surface area contributed by atoms with Gasteiger partial charge < -0.3 is 10.2 Å². The summed E-state index contributed by atoms with van der Waals surface area (Å²) < 4.78 is 0. The van der Waals surface area contributed by atoms with Crippen molar-refractivity contribution in [2.45, 2.75) is 27.2 Å². The van der Waals surface area contributed by atoms with E-state index in [0.29, 0.717) is 18.1 Å². The van der Waals surface area contributed by atoms with Crippen LogP contribution in [0, 0.1) is 26.7 Å². The van der Waals surface area contributed by atoms with Crippen LogP contribution in [-0.4, -0.2) is 33.5 Å². The van der Waals surface area contributed by atoms with Gasteiger partial charge in [-0.3, -0.25) is 14.7 Å². The number of aryl methyl sites for hydroxylation is 3. The largest absolute Gasteiger partial charge is 0.326 e. The number of rotatable bonds is 4. The highest BCUT2D eigenvalue weighted by Gasteiger charge is 2.35. The van der Waals surface area contributed by atoms with Crippen LogP contribution >= 0.6 is 0 Å². The molecular weight excluding hydrogens is 366 g/mol. The summed E-state index contributed by atoms with van der Waals surface area (Å²) in [5, 5.41) is 9.98. The first-order chi connectivity index (χ1) is 13.9. The maximum absolute atomic E-state index is 12.9. The summed E-state index contributed by atoms with van der Waals surface area (Å²) in [6.45, 7) is 6.15. The average Bonchev–Trinajstić information content (AvgIpc) is 3.30. The monoisotopic (exact) mass is 389 g/mol. The van der Waals surface area contributed by atoms with E-state index < -0.39 is 5.92 Å². The van der Waals surface area contributed by atoms with E-state index in [2.05, 4.69) is 20.5 Å². The number of nitrogens with zero attached hydrogens (tertiary/aromatic N) is 3. The van der Waals surface area contributed by atoms with Gasteiger partial charge in [-0.2, -0.15) is 5.10 Å². The van der Waals surface area contributed by atoms with Crippen LogP contribution in [0.3, 0.4) is 0 Å². The molecule has 29 heavy (non-hydrogen) atoms. The second-order valence-corrected chi connectivity index (χ2v) is 7.50. The Morgan fingerprint density at radius 1 is 1.14 bits per heavy atom. The minimum atomic E-state index is -0.391. The molecule has 0 aliphatic carbocycles. The van der Waals surface area contributed by atoms with Crippen molar-refractivity contribution in [3.8, 4) is 11.4 Å². The van der Waals surface area contributed by atoms with Gasteiger partial charge in [-0.15, -0.1) is 0 Å². The Hall–Kier alpha value is -3.48. The maximum atomic E-state index is 12.9. The average molecular weight is 389 g/mol. The topological polar surface area (TPSA) is 91.0 Å². The molecule has 2 N–H and O–H groups in total. The van der Waals surface area contributed by atoms with Gasteiger partial charge in [-0.1, -0.05) is 29.8 Å². The third-order valence-electron chi connectivity index (χ3n) is 5.19. The Morgan fingerprint density at radius 2 is 1.90 bits per heavy atom. The van der Waals surface area contributed by atoms with Gasteiger partial charge >= 0.3 is 0 Å². The minimum absolute atomic E-state index is 0.0318. The number of H-pyrrole nitrogens is 1. The predicted octanol–water partition coefficient (Wildman–Crippen LogP) is 3.39. The first-order valence-corrected chi connectivity index (χ1v) is 9.58. The number of aromatic nitrogens is 3. The van der Waals surface area contributed by atoms with Crippen molar-refractivity contribution in [2.24, 2.45) is 5.92 Å². The molecule has 7 heteroatoms. The number of carbonyl (C=O) groups excluding carboxylic acids is 2. The van der Waals surface area contributed by atoms with E-state index in [9.17, 15) is 9.59 Å². The van der Waals surface area contributed by atoms with Crippen molar-refractivity contribution in [3.63, 3.8) is 0 Å². The van der Waals surface area contributed by atoms with Crippen LogP contribution in [0.4, 0.5) is 11.4 Å². The molecular formula is C22H23N5O2.